The van der Waals surface area contributed by atoms with Crippen LogP contribution in [-0.2, 0) is 9.59 Å². The summed E-state index contributed by atoms with van der Waals surface area (Å²) in [5, 5.41) is 8.54. The number of ketones is 1. The standard InChI is InChI=1S/C8H9F3O3/c9-8(10,11)6-2-1-4(12)3-5(6)7(13)14/h5-6H,1-3H2,(H,13,14). The molecule has 1 saturated carbocycles. The van der Waals surface area contributed by atoms with Crippen LogP contribution in [0.15, 0.2) is 0 Å². The predicted octanol–water partition coefficient (Wildman–Crippen LogP) is 1.62. The molecule has 1 rings (SSSR count). The lowest BCUT2D eigenvalue weighted by molar-refractivity contribution is -0.202. The molecule has 2 unspecified atom stereocenters. The molecule has 1 N–H and O–H groups in total. The van der Waals surface area contributed by atoms with Gasteiger partial charge in [0.15, 0.2) is 0 Å². The van der Waals surface area contributed by atoms with Crippen LogP contribution >= 0.6 is 0 Å². The zero-order valence-electron chi connectivity index (χ0n) is 7.17. The van der Waals surface area contributed by atoms with Crippen LogP contribution in [0.2, 0.25) is 0 Å². The summed E-state index contributed by atoms with van der Waals surface area (Å²) < 4.78 is 36.9. The third-order valence-corrected chi connectivity index (χ3v) is 2.41. The maximum atomic E-state index is 12.3. The quantitative estimate of drug-likeness (QED) is 0.715. The number of carboxylic acids is 1. The summed E-state index contributed by atoms with van der Waals surface area (Å²) in [7, 11) is 0. The Morgan fingerprint density at radius 2 is 2.00 bits per heavy atom. The number of carboxylic acid groups (broad SMARTS) is 1. The topological polar surface area (TPSA) is 54.4 Å². The molecular formula is C8H9F3O3. The van der Waals surface area contributed by atoms with E-state index in [2.05, 4.69) is 0 Å². The molecule has 0 aromatic carbocycles. The van der Waals surface area contributed by atoms with Gasteiger partial charge in [0.2, 0.25) is 0 Å². The number of rotatable bonds is 1. The molecule has 0 amide bonds. The minimum Gasteiger partial charge on any atom is -0.481 e. The van der Waals surface area contributed by atoms with E-state index in [0.29, 0.717) is 0 Å². The smallest absolute Gasteiger partial charge is 0.392 e. The molecule has 3 nitrogen and oxygen atoms in total. The second-order valence-corrected chi connectivity index (χ2v) is 3.37. The second-order valence-electron chi connectivity index (χ2n) is 3.37. The molecule has 1 aliphatic carbocycles. The number of halogens is 3. The van der Waals surface area contributed by atoms with Gasteiger partial charge in [-0.25, -0.2) is 0 Å². The van der Waals surface area contributed by atoms with Crippen molar-refractivity contribution in [2.45, 2.75) is 25.4 Å². The van der Waals surface area contributed by atoms with E-state index in [9.17, 15) is 22.8 Å². The summed E-state index contributed by atoms with van der Waals surface area (Å²) in [4.78, 5) is 21.3. The summed E-state index contributed by atoms with van der Waals surface area (Å²) in [6.45, 7) is 0. The fourth-order valence-electron chi connectivity index (χ4n) is 1.66. The third-order valence-electron chi connectivity index (χ3n) is 2.41. The van der Waals surface area contributed by atoms with E-state index in [1.54, 1.807) is 0 Å². The van der Waals surface area contributed by atoms with Crippen LogP contribution in [0.1, 0.15) is 19.3 Å². The van der Waals surface area contributed by atoms with E-state index in [0.717, 1.165) is 0 Å². The van der Waals surface area contributed by atoms with E-state index in [4.69, 9.17) is 5.11 Å². The Kier molecular flexibility index (Phi) is 2.82. The highest BCUT2D eigenvalue weighted by Crippen LogP contribution is 2.40. The van der Waals surface area contributed by atoms with Crippen molar-refractivity contribution >= 4 is 11.8 Å². The Hall–Kier alpha value is -1.07. The lowest BCUT2D eigenvalue weighted by atomic mass is 9.78. The van der Waals surface area contributed by atoms with Gasteiger partial charge in [-0.1, -0.05) is 0 Å². The average molecular weight is 210 g/mol. The third kappa shape index (κ3) is 2.24. The Labute approximate surface area is 77.9 Å². The first-order valence-corrected chi connectivity index (χ1v) is 4.13. The maximum Gasteiger partial charge on any atom is 0.392 e. The van der Waals surface area contributed by atoms with Crippen LogP contribution in [0.5, 0.6) is 0 Å². The van der Waals surface area contributed by atoms with Gasteiger partial charge in [-0.3, -0.25) is 9.59 Å². The van der Waals surface area contributed by atoms with E-state index in [1.165, 1.54) is 0 Å². The molecule has 1 fully saturated rings. The second kappa shape index (κ2) is 3.59. The molecule has 14 heavy (non-hydrogen) atoms. The Morgan fingerprint density at radius 1 is 1.43 bits per heavy atom. The average Bonchev–Trinajstić information content (AvgIpc) is 2.01. The number of hydrogen-bond acceptors (Lipinski definition) is 2. The molecule has 0 heterocycles. The fraction of sp³-hybridized carbons (Fsp3) is 0.750. The molecule has 6 heteroatoms. The minimum atomic E-state index is -4.52. The molecule has 0 bridgehead atoms. The highest BCUT2D eigenvalue weighted by molar-refractivity contribution is 5.85. The highest BCUT2D eigenvalue weighted by Gasteiger charge is 2.49. The van der Waals surface area contributed by atoms with E-state index in [-0.39, 0.29) is 6.42 Å². The van der Waals surface area contributed by atoms with Crippen LogP contribution in [0.25, 0.3) is 0 Å². The molecule has 0 aliphatic heterocycles. The van der Waals surface area contributed by atoms with Crippen molar-refractivity contribution < 1.29 is 27.9 Å². The first kappa shape index (κ1) is 11.0. The van der Waals surface area contributed by atoms with Gasteiger partial charge in [-0.15, -0.1) is 0 Å². The summed E-state index contributed by atoms with van der Waals surface area (Å²) in [6.07, 6.45) is -5.60. The van der Waals surface area contributed by atoms with Gasteiger partial charge < -0.3 is 5.11 Å². The largest absolute Gasteiger partial charge is 0.481 e. The maximum absolute atomic E-state index is 12.3. The van der Waals surface area contributed by atoms with Gasteiger partial charge in [0.05, 0.1) is 11.8 Å². The number of carbonyl (C=O) groups is 2. The van der Waals surface area contributed by atoms with Crippen LogP contribution in [-0.4, -0.2) is 23.0 Å². The van der Waals surface area contributed by atoms with E-state index in [1.807, 2.05) is 0 Å². The number of carbonyl (C=O) groups excluding carboxylic acids is 1. The lowest BCUT2D eigenvalue weighted by Crippen LogP contribution is -2.39. The lowest BCUT2D eigenvalue weighted by Gasteiger charge is -2.29. The molecule has 0 spiro atoms. The Balaban J connectivity index is 2.83. The first-order valence-electron chi connectivity index (χ1n) is 4.13. The van der Waals surface area contributed by atoms with Gasteiger partial charge in [0.25, 0.3) is 0 Å². The summed E-state index contributed by atoms with van der Waals surface area (Å²) >= 11 is 0. The van der Waals surface area contributed by atoms with Gasteiger partial charge in [-0.2, -0.15) is 13.2 Å². The molecule has 1 aliphatic rings. The van der Waals surface area contributed by atoms with Crippen molar-refractivity contribution in [3.63, 3.8) is 0 Å². The van der Waals surface area contributed by atoms with Gasteiger partial charge in [0.1, 0.15) is 5.78 Å². The van der Waals surface area contributed by atoms with Gasteiger partial charge in [-0.05, 0) is 6.42 Å². The zero-order chi connectivity index (χ0) is 10.9. The summed E-state index contributed by atoms with van der Waals surface area (Å²) in [6, 6.07) is 0. The highest BCUT2D eigenvalue weighted by atomic mass is 19.4. The minimum absolute atomic E-state index is 0.173. The number of alkyl halides is 3. The zero-order valence-corrected chi connectivity index (χ0v) is 7.17. The molecule has 2 atom stereocenters. The van der Waals surface area contributed by atoms with Gasteiger partial charge >= 0.3 is 12.1 Å². The van der Waals surface area contributed by atoms with Crippen molar-refractivity contribution in [1.29, 1.82) is 0 Å². The summed E-state index contributed by atoms with van der Waals surface area (Å²) in [5.74, 6) is -5.42. The van der Waals surface area contributed by atoms with Crippen molar-refractivity contribution in [2.24, 2.45) is 11.8 Å². The number of Topliss-reactive ketones (excluding diaryl/α,β-unsaturated/α-hetero) is 1. The van der Waals surface area contributed by atoms with Crippen LogP contribution < -0.4 is 0 Å². The Bertz CT molecular complexity index is 259. The SMILES string of the molecule is O=C1CCC(C(F)(F)F)C(C(=O)O)C1. The monoisotopic (exact) mass is 210 g/mol. The van der Waals surface area contributed by atoms with Crippen LogP contribution in [0.3, 0.4) is 0 Å². The molecular weight excluding hydrogens is 201 g/mol. The van der Waals surface area contributed by atoms with Crippen molar-refractivity contribution in [3.05, 3.63) is 0 Å². The van der Waals surface area contributed by atoms with Crippen molar-refractivity contribution in [1.82, 2.24) is 0 Å². The fourth-order valence-corrected chi connectivity index (χ4v) is 1.66. The Morgan fingerprint density at radius 3 is 2.43 bits per heavy atom. The molecule has 0 radical (unpaired) electrons. The number of aliphatic carboxylic acids is 1. The molecule has 0 aromatic rings. The van der Waals surface area contributed by atoms with E-state index >= 15 is 0 Å². The van der Waals surface area contributed by atoms with Crippen molar-refractivity contribution in [2.75, 3.05) is 0 Å². The van der Waals surface area contributed by atoms with Crippen LogP contribution in [0, 0.1) is 11.8 Å². The first-order chi connectivity index (χ1) is 6.32. The molecule has 80 valence electrons. The van der Waals surface area contributed by atoms with E-state index < -0.39 is 42.6 Å². The predicted molar refractivity (Wildman–Crippen MR) is 39.5 cm³/mol. The summed E-state index contributed by atoms with van der Waals surface area (Å²) in [5.41, 5.74) is 0. The molecule has 0 aromatic heterocycles. The van der Waals surface area contributed by atoms with Gasteiger partial charge in [0, 0.05) is 12.8 Å². The normalized spacial score (nSPS) is 28.9. The number of hydrogen-bond donors (Lipinski definition) is 1. The van der Waals surface area contributed by atoms with Crippen molar-refractivity contribution in [3.8, 4) is 0 Å². The van der Waals surface area contributed by atoms with Crippen LogP contribution in [0.4, 0.5) is 13.2 Å². The molecule has 0 saturated heterocycles.